The smallest absolute Gasteiger partial charge is 0.321 e. The zero-order valence-corrected chi connectivity index (χ0v) is 13.4. The number of nitrogens with zero attached hydrogens (tertiary/aromatic N) is 4. The largest absolute Gasteiger partial charge is 0.396 e. The Morgan fingerprint density at radius 3 is 2.84 bits per heavy atom. The summed E-state index contributed by atoms with van der Waals surface area (Å²) in [5.41, 5.74) is 7.05. The minimum absolute atomic E-state index is 0.138. The summed E-state index contributed by atoms with van der Waals surface area (Å²) in [4.78, 5) is 22.3. The van der Waals surface area contributed by atoms with Gasteiger partial charge in [0, 0.05) is 31.0 Å². The highest BCUT2D eigenvalue weighted by Crippen LogP contribution is 2.27. The molecule has 1 fully saturated rings. The van der Waals surface area contributed by atoms with Gasteiger partial charge in [-0.25, -0.2) is 19.2 Å². The van der Waals surface area contributed by atoms with Gasteiger partial charge in [-0.2, -0.15) is 0 Å². The third-order valence-corrected chi connectivity index (χ3v) is 4.24. The number of rotatable bonds is 2. The predicted octanol–water partition coefficient (Wildman–Crippen LogP) is 2.75. The molecule has 0 saturated carbocycles. The lowest BCUT2D eigenvalue weighted by atomic mass is 10.1. The zero-order chi connectivity index (χ0) is 17.4. The molecule has 0 unspecified atom stereocenters. The molecule has 3 heterocycles. The van der Waals surface area contributed by atoms with Crippen LogP contribution in [0.25, 0.3) is 17.0 Å². The number of carbonyl (C=O) groups is 1. The van der Waals surface area contributed by atoms with E-state index in [9.17, 15) is 9.18 Å². The van der Waals surface area contributed by atoms with Crippen molar-refractivity contribution in [3.63, 3.8) is 0 Å². The second-order valence-corrected chi connectivity index (χ2v) is 6.01. The van der Waals surface area contributed by atoms with Crippen molar-refractivity contribution >= 4 is 23.2 Å². The maximum atomic E-state index is 14.9. The maximum Gasteiger partial charge on any atom is 0.321 e. The van der Waals surface area contributed by atoms with Crippen LogP contribution in [0.5, 0.6) is 0 Å². The first-order valence-electron chi connectivity index (χ1n) is 8.07. The number of benzene rings is 1. The number of carbonyl (C=O) groups excluding carboxylic acids is 1. The van der Waals surface area contributed by atoms with Crippen LogP contribution in [0.2, 0.25) is 0 Å². The molecule has 3 aromatic rings. The van der Waals surface area contributed by atoms with Gasteiger partial charge in [0.1, 0.15) is 0 Å². The van der Waals surface area contributed by atoms with Gasteiger partial charge in [-0.3, -0.25) is 4.40 Å². The lowest BCUT2D eigenvalue weighted by molar-refractivity contribution is 0.222. The number of nitrogen functional groups attached to an aromatic ring is 1. The highest BCUT2D eigenvalue weighted by atomic mass is 19.1. The van der Waals surface area contributed by atoms with Crippen LogP contribution in [0.4, 0.5) is 20.6 Å². The lowest BCUT2D eigenvalue weighted by Crippen LogP contribution is -2.32. The second kappa shape index (κ2) is 6.04. The number of anilines is 2. The zero-order valence-electron chi connectivity index (χ0n) is 13.4. The molecule has 1 saturated heterocycles. The van der Waals surface area contributed by atoms with Crippen molar-refractivity contribution in [2.45, 2.75) is 12.8 Å². The van der Waals surface area contributed by atoms with Gasteiger partial charge in [0.25, 0.3) is 0 Å². The van der Waals surface area contributed by atoms with Crippen molar-refractivity contribution in [2.24, 2.45) is 0 Å². The minimum atomic E-state index is -0.522. The van der Waals surface area contributed by atoms with Crippen LogP contribution < -0.4 is 11.1 Å². The lowest BCUT2D eigenvalue weighted by Gasteiger charge is -2.17. The van der Waals surface area contributed by atoms with Crippen molar-refractivity contribution < 1.29 is 9.18 Å². The Hall–Kier alpha value is -3.16. The quantitative estimate of drug-likeness (QED) is 0.751. The van der Waals surface area contributed by atoms with Crippen LogP contribution in [0, 0.1) is 5.82 Å². The normalized spacial score (nSPS) is 14.2. The molecule has 4 rings (SSSR count). The van der Waals surface area contributed by atoms with Crippen molar-refractivity contribution in [1.29, 1.82) is 0 Å². The molecule has 1 aromatic carbocycles. The molecule has 8 heteroatoms. The van der Waals surface area contributed by atoms with E-state index in [-0.39, 0.29) is 11.7 Å². The molecule has 3 N–H and O–H groups in total. The summed E-state index contributed by atoms with van der Waals surface area (Å²) in [6.07, 6.45) is 6.77. The first kappa shape index (κ1) is 15.4. The van der Waals surface area contributed by atoms with E-state index in [1.165, 1.54) is 6.20 Å². The number of hydrogen-bond acceptors (Lipinski definition) is 4. The van der Waals surface area contributed by atoms with Crippen molar-refractivity contribution in [3.8, 4) is 11.3 Å². The Labute approximate surface area is 143 Å². The van der Waals surface area contributed by atoms with Gasteiger partial charge in [-0.05, 0) is 25.0 Å². The van der Waals surface area contributed by atoms with Crippen LogP contribution in [0.3, 0.4) is 0 Å². The molecule has 1 aliphatic heterocycles. The fourth-order valence-electron chi connectivity index (χ4n) is 2.97. The Morgan fingerprint density at radius 1 is 1.24 bits per heavy atom. The number of imidazole rings is 1. The molecular weight excluding hydrogens is 323 g/mol. The van der Waals surface area contributed by atoms with E-state index < -0.39 is 5.82 Å². The minimum Gasteiger partial charge on any atom is -0.396 e. The van der Waals surface area contributed by atoms with E-state index in [0.29, 0.717) is 35.8 Å². The molecule has 0 bridgehead atoms. The third kappa shape index (κ3) is 2.86. The number of amides is 2. The summed E-state index contributed by atoms with van der Waals surface area (Å²) in [5.74, 6) is -0.0958. The van der Waals surface area contributed by atoms with Gasteiger partial charge in [0.05, 0.1) is 23.3 Å². The fourth-order valence-corrected chi connectivity index (χ4v) is 2.97. The van der Waals surface area contributed by atoms with Crippen LogP contribution in [0.15, 0.2) is 36.8 Å². The summed E-state index contributed by atoms with van der Waals surface area (Å²) in [6.45, 7) is 1.40. The van der Waals surface area contributed by atoms with Crippen LogP contribution in [-0.2, 0) is 0 Å². The van der Waals surface area contributed by atoms with Crippen molar-refractivity contribution in [3.05, 3.63) is 42.6 Å². The van der Waals surface area contributed by atoms with E-state index in [2.05, 4.69) is 15.3 Å². The van der Waals surface area contributed by atoms with Crippen LogP contribution in [0.1, 0.15) is 12.8 Å². The predicted molar refractivity (Wildman–Crippen MR) is 92.6 cm³/mol. The SMILES string of the molecule is Nc1cnc2nc(-c3cccc(NC(=O)N4CCCC4)c3F)cn2c1. The molecule has 2 aromatic heterocycles. The Bertz CT molecular complexity index is 947. The van der Waals surface area contributed by atoms with Crippen molar-refractivity contribution in [1.82, 2.24) is 19.3 Å². The van der Waals surface area contributed by atoms with E-state index in [4.69, 9.17) is 5.73 Å². The van der Waals surface area contributed by atoms with E-state index in [1.807, 2.05) is 0 Å². The number of hydrogen-bond donors (Lipinski definition) is 2. The molecule has 25 heavy (non-hydrogen) atoms. The number of likely N-dealkylation sites (tertiary alicyclic amines) is 1. The highest BCUT2D eigenvalue weighted by molar-refractivity contribution is 5.90. The van der Waals surface area contributed by atoms with Gasteiger partial charge in [0.2, 0.25) is 5.78 Å². The second-order valence-electron chi connectivity index (χ2n) is 6.01. The summed E-state index contributed by atoms with van der Waals surface area (Å²) in [7, 11) is 0. The standard InChI is InChI=1S/C17H17FN6O/c18-15-12(14-10-24-9-11(19)8-20-16(24)21-14)4-3-5-13(15)22-17(25)23-6-1-2-7-23/h3-5,8-10H,1-2,6-7,19H2,(H,22,25). The number of nitrogens with two attached hydrogens (primary N) is 1. The Morgan fingerprint density at radius 2 is 2.04 bits per heavy atom. The summed E-state index contributed by atoms with van der Waals surface area (Å²) in [5, 5.41) is 2.65. The molecule has 0 atom stereocenters. The molecule has 2 amide bonds. The number of fused-ring (bicyclic) bond motifs is 1. The Kier molecular flexibility index (Phi) is 3.72. The average Bonchev–Trinajstić information content (AvgIpc) is 3.25. The molecule has 0 radical (unpaired) electrons. The number of halogens is 1. The van der Waals surface area contributed by atoms with Gasteiger partial charge < -0.3 is 16.0 Å². The summed E-state index contributed by atoms with van der Waals surface area (Å²) < 4.78 is 16.5. The molecule has 128 valence electrons. The van der Waals surface area contributed by atoms with Crippen LogP contribution in [-0.4, -0.2) is 38.4 Å². The average molecular weight is 340 g/mol. The third-order valence-electron chi connectivity index (χ3n) is 4.24. The van der Waals surface area contributed by atoms with E-state index in [1.54, 1.807) is 39.9 Å². The van der Waals surface area contributed by atoms with Gasteiger partial charge in [0.15, 0.2) is 5.82 Å². The molecule has 1 aliphatic rings. The molecule has 0 spiro atoms. The topological polar surface area (TPSA) is 88.5 Å². The van der Waals surface area contributed by atoms with Gasteiger partial charge >= 0.3 is 6.03 Å². The maximum absolute atomic E-state index is 14.9. The first-order valence-corrected chi connectivity index (χ1v) is 8.07. The van der Waals surface area contributed by atoms with Crippen LogP contribution >= 0.6 is 0 Å². The summed E-state index contributed by atoms with van der Waals surface area (Å²) in [6, 6.07) is 4.56. The van der Waals surface area contributed by atoms with Crippen molar-refractivity contribution in [2.75, 3.05) is 24.1 Å². The van der Waals surface area contributed by atoms with E-state index in [0.717, 1.165) is 12.8 Å². The molecule has 0 aliphatic carbocycles. The highest BCUT2D eigenvalue weighted by Gasteiger charge is 2.20. The van der Waals surface area contributed by atoms with Gasteiger partial charge in [-0.1, -0.05) is 6.07 Å². The monoisotopic (exact) mass is 340 g/mol. The number of nitrogens with one attached hydrogen (secondary N) is 1. The van der Waals surface area contributed by atoms with E-state index >= 15 is 0 Å². The molecule has 7 nitrogen and oxygen atoms in total. The fraction of sp³-hybridized carbons (Fsp3) is 0.235. The molecular formula is C17H17FN6O. The number of urea groups is 1. The number of aromatic nitrogens is 3. The first-order chi connectivity index (χ1) is 12.1. The summed E-state index contributed by atoms with van der Waals surface area (Å²) >= 11 is 0. The Balaban J connectivity index is 1.66. The van der Waals surface area contributed by atoms with Gasteiger partial charge in [-0.15, -0.1) is 0 Å².